The summed E-state index contributed by atoms with van der Waals surface area (Å²) in [4.78, 5) is 0. The van der Waals surface area contributed by atoms with Gasteiger partial charge in [-0.15, -0.1) is 12.4 Å². The molecule has 2 aliphatic heterocycles. The van der Waals surface area contributed by atoms with Gasteiger partial charge in [0.15, 0.2) is 0 Å². The summed E-state index contributed by atoms with van der Waals surface area (Å²) in [5, 5.41) is 6.82. The van der Waals surface area contributed by atoms with Crippen molar-refractivity contribution in [1.82, 2.24) is 10.6 Å². The van der Waals surface area contributed by atoms with Gasteiger partial charge >= 0.3 is 0 Å². The van der Waals surface area contributed by atoms with Crippen molar-refractivity contribution in [2.45, 2.75) is 31.5 Å². The van der Waals surface area contributed by atoms with Crippen molar-refractivity contribution in [2.75, 3.05) is 19.7 Å². The van der Waals surface area contributed by atoms with Gasteiger partial charge in [0.25, 0.3) is 0 Å². The second kappa shape index (κ2) is 5.02. The lowest BCUT2D eigenvalue weighted by atomic mass is 10.2. The Morgan fingerprint density at radius 3 is 2.50 bits per heavy atom. The molecule has 0 aromatic rings. The van der Waals surface area contributed by atoms with E-state index in [1.165, 1.54) is 12.8 Å². The molecule has 0 aromatic carbocycles. The van der Waals surface area contributed by atoms with Gasteiger partial charge in [-0.25, -0.2) is 0 Å². The van der Waals surface area contributed by atoms with Crippen LogP contribution in [0.2, 0.25) is 0 Å². The molecule has 2 aliphatic rings. The van der Waals surface area contributed by atoms with Crippen LogP contribution in [0, 0.1) is 0 Å². The first kappa shape index (κ1) is 10.3. The summed E-state index contributed by atoms with van der Waals surface area (Å²) in [6.45, 7) is 3.20. The Labute approximate surface area is 79.6 Å². The van der Waals surface area contributed by atoms with Gasteiger partial charge in [-0.3, -0.25) is 5.32 Å². The third-order valence-corrected chi connectivity index (χ3v) is 2.43. The lowest BCUT2D eigenvalue weighted by Gasteiger charge is -2.28. The van der Waals surface area contributed by atoms with Crippen LogP contribution in [0.4, 0.5) is 0 Å². The van der Waals surface area contributed by atoms with Crippen molar-refractivity contribution < 1.29 is 4.74 Å². The van der Waals surface area contributed by atoms with Crippen molar-refractivity contribution in [3.8, 4) is 0 Å². The molecular weight excluding hydrogens is 176 g/mol. The van der Waals surface area contributed by atoms with E-state index in [-0.39, 0.29) is 18.6 Å². The molecule has 0 amide bonds. The molecule has 2 heterocycles. The van der Waals surface area contributed by atoms with Crippen LogP contribution < -0.4 is 10.6 Å². The van der Waals surface area contributed by atoms with Crippen molar-refractivity contribution in [2.24, 2.45) is 0 Å². The Hall–Kier alpha value is 0.170. The highest BCUT2D eigenvalue weighted by Gasteiger charge is 2.25. The summed E-state index contributed by atoms with van der Waals surface area (Å²) in [5.41, 5.74) is 0. The molecule has 0 aromatic heterocycles. The van der Waals surface area contributed by atoms with E-state index < -0.39 is 0 Å². The van der Waals surface area contributed by atoms with Crippen LogP contribution in [0.25, 0.3) is 0 Å². The van der Waals surface area contributed by atoms with E-state index in [2.05, 4.69) is 10.6 Å². The van der Waals surface area contributed by atoms with Crippen LogP contribution in [0.15, 0.2) is 0 Å². The molecule has 0 aliphatic carbocycles. The van der Waals surface area contributed by atoms with Gasteiger partial charge in [-0.2, -0.15) is 0 Å². The van der Waals surface area contributed by atoms with Gasteiger partial charge in [0.05, 0.1) is 0 Å². The van der Waals surface area contributed by atoms with Gasteiger partial charge in [-0.1, -0.05) is 0 Å². The van der Waals surface area contributed by atoms with Gasteiger partial charge in [0.1, 0.15) is 6.23 Å². The van der Waals surface area contributed by atoms with E-state index in [0.717, 1.165) is 26.1 Å². The molecular formula is C8H17ClN2O. The first-order chi connectivity index (χ1) is 5.47. The second-order valence-electron chi connectivity index (χ2n) is 3.30. The molecule has 2 rings (SSSR count). The molecule has 2 fully saturated rings. The molecule has 0 radical (unpaired) electrons. The highest BCUT2D eigenvalue weighted by atomic mass is 35.5. The molecule has 0 spiro atoms. The maximum Gasteiger partial charge on any atom is 0.123 e. The lowest BCUT2D eigenvalue weighted by molar-refractivity contribution is -0.0183. The molecule has 72 valence electrons. The van der Waals surface area contributed by atoms with Crippen LogP contribution in [0.1, 0.15) is 19.3 Å². The third-order valence-electron chi connectivity index (χ3n) is 2.43. The minimum atomic E-state index is 0. The normalized spacial score (nSPS) is 36.0. The van der Waals surface area contributed by atoms with E-state index in [0.29, 0.717) is 6.04 Å². The van der Waals surface area contributed by atoms with Crippen molar-refractivity contribution in [3.63, 3.8) is 0 Å². The number of nitrogens with one attached hydrogen (secondary N) is 2. The highest BCUT2D eigenvalue weighted by molar-refractivity contribution is 5.85. The second-order valence-corrected chi connectivity index (χ2v) is 3.30. The van der Waals surface area contributed by atoms with Crippen molar-refractivity contribution >= 4 is 12.4 Å². The van der Waals surface area contributed by atoms with Crippen LogP contribution in [0.5, 0.6) is 0 Å². The van der Waals surface area contributed by atoms with Crippen LogP contribution in [0.3, 0.4) is 0 Å². The fourth-order valence-corrected chi connectivity index (χ4v) is 1.81. The fourth-order valence-electron chi connectivity index (χ4n) is 1.81. The molecule has 0 saturated carbocycles. The number of hydrogen-bond donors (Lipinski definition) is 2. The van der Waals surface area contributed by atoms with Crippen LogP contribution >= 0.6 is 12.4 Å². The van der Waals surface area contributed by atoms with E-state index >= 15 is 0 Å². The molecule has 12 heavy (non-hydrogen) atoms. The Morgan fingerprint density at radius 2 is 1.92 bits per heavy atom. The van der Waals surface area contributed by atoms with Crippen LogP contribution in [-0.2, 0) is 4.74 Å². The van der Waals surface area contributed by atoms with Crippen LogP contribution in [-0.4, -0.2) is 32.0 Å². The van der Waals surface area contributed by atoms with E-state index in [4.69, 9.17) is 4.74 Å². The number of hydrogen-bond acceptors (Lipinski definition) is 3. The van der Waals surface area contributed by atoms with Gasteiger partial charge in [0, 0.05) is 12.6 Å². The minimum absolute atomic E-state index is 0. The molecule has 0 bridgehead atoms. The predicted octanol–water partition coefficient (Wildman–Crippen LogP) is 0.496. The van der Waals surface area contributed by atoms with E-state index in [1.54, 1.807) is 0 Å². The zero-order valence-electron chi connectivity index (χ0n) is 7.21. The Balaban J connectivity index is 0.000000720. The quantitative estimate of drug-likeness (QED) is 0.635. The van der Waals surface area contributed by atoms with Gasteiger partial charge in [0.2, 0.25) is 0 Å². The Bertz CT molecular complexity index is 122. The Kier molecular flexibility index (Phi) is 4.29. The highest BCUT2D eigenvalue weighted by Crippen LogP contribution is 2.12. The average Bonchev–Trinajstić information content (AvgIpc) is 2.58. The number of rotatable bonds is 1. The molecule has 3 nitrogen and oxygen atoms in total. The van der Waals surface area contributed by atoms with Crippen molar-refractivity contribution in [3.05, 3.63) is 0 Å². The molecule has 2 N–H and O–H groups in total. The molecule has 2 atom stereocenters. The van der Waals surface area contributed by atoms with Crippen molar-refractivity contribution in [1.29, 1.82) is 0 Å². The smallest absolute Gasteiger partial charge is 0.123 e. The maximum absolute atomic E-state index is 5.59. The first-order valence-corrected chi connectivity index (χ1v) is 4.55. The minimum Gasteiger partial charge on any atom is -0.362 e. The summed E-state index contributed by atoms with van der Waals surface area (Å²) in [5.74, 6) is 0. The molecule has 2 unspecified atom stereocenters. The fraction of sp³-hybridized carbons (Fsp3) is 1.00. The molecule has 2 saturated heterocycles. The standard InChI is InChI=1S/C8H16N2O.ClH/c1-3-7(9-4-1)8-10-5-2-6-11-8;/h7-10H,1-6H2;1H. The van der Waals surface area contributed by atoms with E-state index in [1.807, 2.05) is 0 Å². The zero-order valence-corrected chi connectivity index (χ0v) is 8.03. The SMILES string of the molecule is C1CNC(C2CCCN2)OC1.Cl. The maximum atomic E-state index is 5.59. The summed E-state index contributed by atoms with van der Waals surface area (Å²) in [7, 11) is 0. The summed E-state index contributed by atoms with van der Waals surface area (Å²) < 4.78 is 5.59. The van der Waals surface area contributed by atoms with E-state index in [9.17, 15) is 0 Å². The first-order valence-electron chi connectivity index (χ1n) is 4.55. The summed E-state index contributed by atoms with van der Waals surface area (Å²) in [6.07, 6.45) is 4.00. The summed E-state index contributed by atoms with van der Waals surface area (Å²) >= 11 is 0. The number of halogens is 1. The largest absolute Gasteiger partial charge is 0.362 e. The third kappa shape index (κ3) is 2.33. The zero-order chi connectivity index (χ0) is 7.52. The summed E-state index contributed by atoms with van der Waals surface area (Å²) in [6, 6.07) is 0.565. The topological polar surface area (TPSA) is 33.3 Å². The van der Waals surface area contributed by atoms with Gasteiger partial charge in [-0.05, 0) is 32.4 Å². The Morgan fingerprint density at radius 1 is 1.08 bits per heavy atom. The monoisotopic (exact) mass is 192 g/mol. The average molecular weight is 193 g/mol. The van der Waals surface area contributed by atoms with Gasteiger partial charge < -0.3 is 10.1 Å². The molecule has 4 heteroatoms. The predicted molar refractivity (Wildman–Crippen MR) is 50.6 cm³/mol. The lowest BCUT2D eigenvalue weighted by Crippen LogP contribution is -2.49. The number of ether oxygens (including phenoxy) is 1.